The van der Waals surface area contributed by atoms with Crippen LogP contribution < -0.4 is 11.1 Å². The van der Waals surface area contributed by atoms with Crippen molar-refractivity contribution in [3.05, 3.63) is 95.6 Å². The number of hydrogen-bond acceptors (Lipinski definition) is 4. The average Bonchev–Trinajstić information content (AvgIpc) is 2.77. The van der Waals surface area contributed by atoms with Crippen molar-refractivity contribution in [2.75, 3.05) is 11.1 Å². The molecule has 5 nitrogen and oxygen atoms in total. The Balaban J connectivity index is 1.65. The molecule has 148 valence electrons. The fourth-order valence-electron chi connectivity index (χ4n) is 3.03. The van der Waals surface area contributed by atoms with Gasteiger partial charge < -0.3 is 11.1 Å². The number of amides is 1. The molecule has 1 amide bonds. The number of anilines is 2. The van der Waals surface area contributed by atoms with Gasteiger partial charge in [0.25, 0.3) is 0 Å². The third-order valence-electron chi connectivity index (χ3n) is 4.56. The second-order valence-electron chi connectivity index (χ2n) is 6.79. The fourth-order valence-corrected chi connectivity index (χ4v) is 3.16. The maximum atomic E-state index is 12.6. The van der Waals surface area contributed by atoms with E-state index < -0.39 is 0 Å². The minimum absolute atomic E-state index is 0.177. The van der Waals surface area contributed by atoms with Crippen LogP contribution in [0.5, 0.6) is 0 Å². The SMILES string of the molecule is Nc1ccc(-c2cnc(NC(=O)Cc3ccc(Cl)cc3)c(-c3ccccc3)n2)cc1. The number of carbonyl (C=O) groups excluding carboxylic acids is 1. The van der Waals surface area contributed by atoms with Gasteiger partial charge in [0.15, 0.2) is 5.82 Å². The Bertz CT molecular complexity index is 1160. The highest BCUT2D eigenvalue weighted by molar-refractivity contribution is 6.30. The maximum absolute atomic E-state index is 12.6. The van der Waals surface area contributed by atoms with Gasteiger partial charge in [-0.05, 0) is 29.8 Å². The summed E-state index contributed by atoms with van der Waals surface area (Å²) in [6.45, 7) is 0. The molecule has 0 aliphatic heterocycles. The van der Waals surface area contributed by atoms with E-state index in [9.17, 15) is 4.79 Å². The molecule has 1 heterocycles. The molecule has 0 saturated heterocycles. The Kier molecular flexibility index (Phi) is 5.72. The quantitative estimate of drug-likeness (QED) is 0.438. The number of rotatable bonds is 5. The number of halogens is 1. The highest BCUT2D eigenvalue weighted by Gasteiger charge is 2.14. The van der Waals surface area contributed by atoms with Crippen molar-refractivity contribution >= 4 is 29.0 Å². The standard InChI is InChI=1S/C24H19ClN4O/c25-19-10-6-16(7-11-19)14-22(30)29-24-23(18-4-2-1-3-5-18)28-21(15-27-24)17-8-12-20(26)13-9-17/h1-13,15H,14,26H2,(H,27,29,30). The van der Waals surface area contributed by atoms with Crippen LogP contribution in [-0.2, 0) is 11.2 Å². The molecule has 3 N–H and O–H groups in total. The van der Waals surface area contributed by atoms with E-state index in [2.05, 4.69) is 10.3 Å². The molecule has 1 aromatic heterocycles. The number of benzene rings is 3. The molecule has 0 aliphatic carbocycles. The van der Waals surface area contributed by atoms with E-state index in [1.165, 1.54) is 0 Å². The van der Waals surface area contributed by atoms with Crippen LogP contribution in [0.3, 0.4) is 0 Å². The first-order valence-corrected chi connectivity index (χ1v) is 9.79. The van der Waals surface area contributed by atoms with Crippen molar-refractivity contribution in [2.24, 2.45) is 0 Å². The lowest BCUT2D eigenvalue weighted by atomic mass is 10.1. The van der Waals surface area contributed by atoms with Crippen molar-refractivity contribution in [1.29, 1.82) is 0 Å². The van der Waals surface area contributed by atoms with Gasteiger partial charge in [-0.25, -0.2) is 9.97 Å². The number of carbonyl (C=O) groups is 1. The predicted octanol–water partition coefficient (Wildman–Crippen LogP) is 5.23. The van der Waals surface area contributed by atoms with Gasteiger partial charge >= 0.3 is 0 Å². The second kappa shape index (κ2) is 8.76. The highest BCUT2D eigenvalue weighted by Crippen LogP contribution is 2.28. The molecule has 0 atom stereocenters. The molecule has 0 fully saturated rings. The highest BCUT2D eigenvalue weighted by atomic mass is 35.5. The van der Waals surface area contributed by atoms with E-state index in [0.29, 0.717) is 27.9 Å². The third kappa shape index (κ3) is 4.64. The lowest BCUT2D eigenvalue weighted by Gasteiger charge is -2.12. The molecule has 3 aromatic carbocycles. The Hall–Kier alpha value is -3.70. The topological polar surface area (TPSA) is 80.9 Å². The van der Waals surface area contributed by atoms with Crippen LogP contribution in [0.4, 0.5) is 11.5 Å². The first-order valence-electron chi connectivity index (χ1n) is 9.41. The molecule has 6 heteroatoms. The summed E-state index contributed by atoms with van der Waals surface area (Å²) in [6, 6.07) is 24.3. The lowest BCUT2D eigenvalue weighted by molar-refractivity contribution is -0.115. The summed E-state index contributed by atoms with van der Waals surface area (Å²) in [5, 5.41) is 3.53. The normalized spacial score (nSPS) is 10.6. The number of nitrogens with two attached hydrogens (primary N) is 1. The van der Waals surface area contributed by atoms with Crippen molar-refractivity contribution in [1.82, 2.24) is 9.97 Å². The van der Waals surface area contributed by atoms with Crippen LogP contribution in [0.25, 0.3) is 22.5 Å². The van der Waals surface area contributed by atoms with E-state index in [4.69, 9.17) is 22.3 Å². The van der Waals surface area contributed by atoms with E-state index in [1.807, 2.05) is 66.7 Å². The van der Waals surface area contributed by atoms with Gasteiger partial charge in [-0.2, -0.15) is 0 Å². The van der Waals surface area contributed by atoms with Gasteiger partial charge in [-0.15, -0.1) is 0 Å². The van der Waals surface area contributed by atoms with Crippen LogP contribution in [0.15, 0.2) is 85.1 Å². The summed E-state index contributed by atoms with van der Waals surface area (Å²) in [5.74, 6) is 0.239. The zero-order chi connectivity index (χ0) is 20.9. The van der Waals surface area contributed by atoms with E-state index >= 15 is 0 Å². The van der Waals surface area contributed by atoms with Gasteiger partial charge in [-0.3, -0.25) is 4.79 Å². The third-order valence-corrected chi connectivity index (χ3v) is 4.81. The summed E-state index contributed by atoms with van der Waals surface area (Å²) in [5.41, 5.74) is 10.4. The molecular weight excluding hydrogens is 396 g/mol. The van der Waals surface area contributed by atoms with Crippen molar-refractivity contribution < 1.29 is 4.79 Å². The lowest BCUT2D eigenvalue weighted by Crippen LogP contribution is -2.16. The molecule has 0 unspecified atom stereocenters. The Morgan fingerprint density at radius 2 is 1.60 bits per heavy atom. The zero-order valence-corrected chi connectivity index (χ0v) is 16.8. The molecule has 0 radical (unpaired) electrons. The summed E-state index contributed by atoms with van der Waals surface area (Å²) in [6.07, 6.45) is 1.86. The first kappa shape index (κ1) is 19.6. The molecular formula is C24H19ClN4O. The molecule has 0 saturated carbocycles. The molecule has 0 aliphatic rings. The molecule has 4 aromatic rings. The Morgan fingerprint density at radius 1 is 0.900 bits per heavy atom. The van der Waals surface area contributed by atoms with E-state index in [-0.39, 0.29) is 12.3 Å². The van der Waals surface area contributed by atoms with Gasteiger partial charge in [0.1, 0.15) is 5.69 Å². The summed E-state index contributed by atoms with van der Waals surface area (Å²) in [7, 11) is 0. The molecule has 30 heavy (non-hydrogen) atoms. The van der Waals surface area contributed by atoms with Crippen molar-refractivity contribution in [3.63, 3.8) is 0 Å². The van der Waals surface area contributed by atoms with Gasteiger partial charge in [0.2, 0.25) is 5.91 Å². The Morgan fingerprint density at radius 3 is 2.30 bits per heavy atom. The van der Waals surface area contributed by atoms with Crippen LogP contribution in [0.1, 0.15) is 5.56 Å². The van der Waals surface area contributed by atoms with Crippen molar-refractivity contribution in [2.45, 2.75) is 6.42 Å². The van der Waals surface area contributed by atoms with E-state index in [0.717, 1.165) is 16.7 Å². The zero-order valence-electron chi connectivity index (χ0n) is 16.0. The molecule has 4 rings (SSSR count). The Labute approximate surface area is 179 Å². The van der Waals surface area contributed by atoms with Crippen LogP contribution >= 0.6 is 11.6 Å². The predicted molar refractivity (Wildman–Crippen MR) is 121 cm³/mol. The summed E-state index contributed by atoms with van der Waals surface area (Å²) >= 11 is 5.91. The average molecular weight is 415 g/mol. The number of nitrogen functional groups attached to an aromatic ring is 1. The largest absolute Gasteiger partial charge is 0.399 e. The maximum Gasteiger partial charge on any atom is 0.230 e. The number of hydrogen-bond donors (Lipinski definition) is 2. The summed E-state index contributed by atoms with van der Waals surface area (Å²) in [4.78, 5) is 21.9. The first-order chi connectivity index (χ1) is 14.6. The second-order valence-corrected chi connectivity index (χ2v) is 7.23. The molecule has 0 spiro atoms. The minimum atomic E-state index is -0.177. The monoisotopic (exact) mass is 414 g/mol. The van der Waals surface area contributed by atoms with Gasteiger partial charge in [-0.1, -0.05) is 66.2 Å². The fraction of sp³-hybridized carbons (Fsp3) is 0.0417. The molecule has 0 bridgehead atoms. The van der Waals surface area contributed by atoms with Crippen molar-refractivity contribution in [3.8, 4) is 22.5 Å². The smallest absolute Gasteiger partial charge is 0.230 e. The summed E-state index contributed by atoms with van der Waals surface area (Å²) < 4.78 is 0. The van der Waals surface area contributed by atoms with Gasteiger partial charge in [0, 0.05) is 21.8 Å². The van der Waals surface area contributed by atoms with Gasteiger partial charge in [0.05, 0.1) is 18.3 Å². The number of aromatic nitrogens is 2. The number of nitrogens with one attached hydrogen (secondary N) is 1. The van der Waals surface area contributed by atoms with Crippen LogP contribution in [-0.4, -0.2) is 15.9 Å². The minimum Gasteiger partial charge on any atom is -0.399 e. The van der Waals surface area contributed by atoms with Crippen LogP contribution in [0, 0.1) is 0 Å². The van der Waals surface area contributed by atoms with E-state index in [1.54, 1.807) is 18.3 Å². The van der Waals surface area contributed by atoms with Crippen LogP contribution in [0.2, 0.25) is 5.02 Å². The number of nitrogens with zero attached hydrogens (tertiary/aromatic N) is 2.